The van der Waals surface area contributed by atoms with E-state index in [0.29, 0.717) is 13.1 Å². The van der Waals surface area contributed by atoms with Gasteiger partial charge in [0, 0.05) is 25.6 Å². The molecule has 0 aromatic heterocycles. The van der Waals surface area contributed by atoms with Crippen molar-refractivity contribution in [1.82, 2.24) is 15.1 Å². The smallest absolute Gasteiger partial charge is 0.407 e. The van der Waals surface area contributed by atoms with E-state index in [1.165, 1.54) is 4.90 Å². The molecule has 0 aliphatic heterocycles. The number of nitrogens with one attached hydrogen (secondary N) is 1. The number of amides is 2. The van der Waals surface area contributed by atoms with Crippen molar-refractivity contribution < 1.29 is 24.2 Å². The Hall–Kier alpha value is -3.39. The molecule has 0 radical (unpaired) electrons. The summed E-state index contributed by atoms with van der Waals surface area (Å²) in [4.78, 5) is 39.4. The molecule has 1 aliphatic carbocycles. The maximum atomic E-state index is 12.7. The average Bonchev–Trinajstić information content (AvgIpc) is 3.11. The zero-order chi connectivity index (χ0) is 24.0. The zero-order valence-electron chi connectivity index (χ0n) is 19.3. The highest BCUT2D eigenvalue weighted by molar-refractivity contribution is 5.83. The predicted molar refractivity (Wildman–Crippen MR) is 125 cm³/mol. The minimum atomic E-state index is -1.07. The van der Waals surface area contributed by atoms with Gasteiger partial charge in [0.2, 0.25) is 5.91 Å². The second kappa shape index (κ2) is 11.0. The number of likely N-dealkylation sites (N-methyl/N-ethyl adjacent to an activating group) is 1. The molecule has 1 atom stereocenters. The number of fused-ring (bicyclic) bond motifs is 3. The molecule has 1 aliphatic rings. The van der Waals surface area contributed by atoms with Gasteiger partial charge in [0.1, 0.15) is 13.2 Å². The molecular weight excluding hydrogens is 422 g/mol. The lowest BCUT2D eigenvalue weighted by Gasteiger charge is -2.25. The Bertz CT molecular complexity index is 962. The third kappa shape index (κ3) is 6.10. The van der Waals surface area contributed by atoms with Crippen molar-refractivity contribution in [3.05, 3.63) is 59.7 Å². The van der Waals surface area contributed by atoms with Crippen molar-refractivity contribution in [3.8, 4) is 11.1 Å². The number of hydrogen-bond donors (Lipinski definition) is 2. The van der Waals surface area contributed by atoms with Crippen LogP contribution in [0.2, 0.25) is 0 Å². The highest BCUT2D eigenvalue weighted by Gasteiger charge is 2.29. The molecular formula is C25H31N3O5. The van der Waals surface area contributed by atoms with Crippen LogP contribution >= 0.6 is 0 Å². The van der Waals surface area contributed by atoms with Gasteiger partial charge in [-0.15, -0.1) is 0 Å². The highest BCUT2D eigenvalue weighted by atomic mass is 16.5. The molecule has 8 heteroatoms. The van der Waals surface area contributed by atoms with Crippen LogP contribution in [-0.2, 0) is 14.3 Å². The monoisotopic (exact) mass is 453 g/mol. The van der Waals surface area contributed by atoms with Crippen LogP contribution in [0, 0.1) is 5.92 Å². The minimum Gasteiger partial charge on any atom is -0.480 e. The van der Waals surface area contributed by atoms with Gasteiger partial charge in [-0.05, 0) is 36.3 Å². The number of rotatable bonds is 10. The van der Waals surface area contributed by atoms with E-state index in [4.69, 9.17) is 9.84 Å². The lowest BCUT2D eigenvalue weighted by atomic mass is 9.98. The van der Waals surface area contributed by atoms with E-state index in [1.807, 2.05) is 55.4 Å². The first kappa shape index (κ1) is 24.3. The Labute approximate surface area is 194 Å². The summed E-state index contributed by atoms with van der Waals surface area (Å²) < 4.78 is 5.50. The number of carbonyl (C=O) groups excluding carboxylic acids is 2. The first-order valence-corrected chi connectivity index (χ1v) is 11.0. The van der Waals surface area contributed by atoms with Crippen LogP contribution in [-0.4, -0.2) is 79.8 Å². The molecule has 0 fully saturated rings. The largest absolute Gasteiger partial charge is 0.480 e. The normalized spacial score (nSPS) is 13.2. The standard InChI is InChI=1S/C25H31N3O5/c1-17(24(31)28(15-23(29)30)13-12-27(2)3)14-26-25(32)33-16-22-20-10-6-4-8-18(20)19-9-5-7-11-21(19)22/h4-11,17,22H,12-16H2,1-3H3,(H,26,32)(H,29,30). The van der Waals surface area contributed by atoms with Gasteiger partial charge in [-0.3, -0.25) is 9.59 Å². The van der Waals surface area contributed by atoms with E-state index < -0.39 is 18.0 Å². The number of carbonyl (C=O) groups is 3. The maximum absolute atomic E-state index is 12.7. The second-order valence-corrected chi connectivity index (χ2v) is 8.56. The first-order chi connectivity index (χ1) is 15.8. The zero-order valence-corrected chi connectivity index (χ0v) is 19.3. The van der Waals surface area contributed by atoms with Gasteiger partial charge in [-0.2, -0.15) is 0 Å². The molecule has 0 heterocycles. The van der Waals surface area contributed by atoms with Gasteiger partial charge >= 0.3 is 12.1 Å². The van der Waals surface area contributed by atoms with Crippen LogP contribution in [0.5, 0.6) is 0 Å². The van der Waals surface area contributed by atoms with Crippen molar-refractivity contribution in [2.75, 3.05) is 46.9 Å². The fourth-order valence-corrected chi connectivity index (χ4v) is 4.04. The quantitative estimate of drug-likeness (QED) is 0.574. The molecule has 0 saturated heterocycles. The van der Waals surface area contributed by atoms with Gasteiger partial charge in [0.05, 0.1) is 5.92 Å². The van der Waals surface area contributed by atoms with Crippen molar-refractivity contribution >= 4 is 18.0 Å². The van der Waals surface area contributed by atoms with Crippen molar-refractivity contribution in [1.29, 1.82) is 0 Å². The number of nitrogens with zero attached hydrogens (tertiary/aromatic N) is 2. The Balaban J connectivity index is 1.54. The Kier molecular flexibility index (Phi) is 8.06. The predicted octanol–water partition coefficient (Wildman–Crippen LogP) is 2.64. The summed E-state index contributed by atoms with van der Waals surface area (Å²) >= 11 is 0. The fourth-order valence-electron chi connectivity index (χ4n) is 4.04. The molecule has 2 N–H and O–H groups in total. The number of benzene rings is 2. The maximum Gasteiger partial charge on any atom is 0.407 e. The number of ether oxygens (including phenoxy) is 1. The van der Waals surface area contributed by atoms with Gasteiger partial charge in [0.15, 0.2) is 0 Å². The summed E-state index contributed by atoms with van der Waals surface area (Å²) in [6, 6.07) is 16.2. The molecule has 0 saturated carbocycles. The topological polar surface area (TPSA) is 99.2 Å². The summed E-state index contributed by atoms with van der Waals surface area (Å²) in [6.45, 7) is 2.39. The molecule has 33 heavy (non-hydrogen) atoms. The van der Waals surface area contributed by atoms with E-state index >= 15 is 0 Å². The summed E-state index contributed by atoms with van der Waals surface area (Å²) in [5, 5.41) is 11.8. The van der Waals surface area contributed by atoms with E-state index in [1.54, 1.807) is 6.92 Å². The number of aliphatic carboxylic acids is 1. The number of hydrogen-bond acceptors (Lipinski definition) is 5. The Morgan fingerprint density at radius 3 is 2.12 bits per heavy atom. The lowest BCUT2D eigenvalue weighted by Crippen LogP contribution is -2.45. The van der Waals surface area contributed by atoms with Crippen LogP contribution in [0.1, 0.15) is 24.0 Å². The van der Waals surface area contributed by atoms with Crippen LogP contribution in [0.15, 0.2) is 48.5 Å². The summed E-state index contributed by atoms with van der Waals surface area (Å²) in [7, 11) is 3.71. The second-order valence-electron chi connectivity index (χ2n) is 8.56. The SMILES string of the molecule is CC(CNC(=O)OCC1c2ccccc2-c2ccccc21)C(=O)N(CCN(C)C)CC(=O)O. The molecule has 3 rings (SSSR count). The molecule has 2 amide bonds. The van der Waals surface area contributed by atoms with E-state index in [-0.39, 0.29) is 31.5 Å². The molecule has 176 valence electrons. The molecule has 0 bridgehead atoms. The van der Waals surface area contributed by atoms with Gasteiger partial charge in [0.25, 0.3) is 0 Å². The molecule has 2 aromatic carbocycles. The summed E-state index contributed by atoms with van der Waals surface area (Å²) in [6.07, 6.45) is -0.602. The first-order valence-electron chi connectivity index (χ1n) is 11.0. The molecule has 1 unspecified atom stereocenters. The molecule has 8 nitrogen and oxygen atoms in total. The lowest BCUT2D eigenvalue weighted by molar-refractivity contribution is -0.146. The highest BCUT2D eigenvalue weighted by Crippen LogP contribution is 2.44. The number of carboxylic acid groups (broad SMARTS) is 1. The van der Waals surface area contributed by atoms with Crippen LogP contribution in [0.3, 0.4) is 0 Å². The average molecular weight is 454 g/mol. The van der Waals surface area contributed by atoms with E-state index in [2.05, 4.69) is 17.4 Å². The van der Waals surface area contributed by atoms with Gasteiger partial charge in [-0.25, -0.2) is 4.79 Å². The summed E-state index contributed by atoms with van der Waals surface area (Å²) in [5.74, 6) is -2.01. The van der Waals surface area contributed by atoms with Crippen LogP contribution < -0.4 is 5.32 Å². The van der Waals surface area contributed by atoms with E-state index in [0.717, 1.165) is 22.3 Å². The minimum absolute atomic E-state index is 0.0423. The third-order valence-corrected chi connectivity index (χ3v) is 5.77. The van der Waals surface area contributed by atoms with Gasteiger partial charge < -0.3 is 25.0 Å². The molecule has 2 aromatic rings. The number of alkyl carbamates (subject to hydrolysis) is 1. The fraction of sp³-hybridized carbons (Fsp3) is 0.400. The van der Waals surface area contributed by atoms with Crippen LogP contribution in [0.4, 0.5) is 4.79 Å². The van der Waals surface area contributed by atoms with Gasteiger partial charge in [-0.1, -0.05) is 55.5 Å². The number of carboxylic acids is 1. The van der Waals surface area contributed by atoms with Crippen LogP contribution in [0.25, 0.3) is 11.1 Å². The third-order valence-electron chi connectivity index (χ3n) is 5.77. The van der Waals surface area contributed by atoms with Crippen molar-refractivity contribution in [2.45, 2.75) is 12.8 Å². The Morgan fingerprint density at radius 1 is 1.00 bits per heavy atom. The Morgan fingerprint density at radius 2 is 1.58 bits per heavy atom. The van der Waals surface area contributed by atoms with Crippen molar-refractivity contribution in [3.63, 3.8) is 0 Å². The van der Waals surface area contributed by atoms with Crippen molar-refractivity contribution in [2.24, 2.45) is 5.92 Å². The molecule has 0 spiro atoms. The summed E-state index contributed by atoms with van der Waals surface area (Å²) in [5.41, 5.74) is 4.55. The van der Waals surface area contributed by atoms with E-state index in [9.17, 15) is 14.4 Å².